The summed E-state index contributed by atoms with van der Waals surface area (Å²) >= 11 is 1.73. The number of rotatable bonds is 6. The Hall–Kier alpha value is -1.23. The first kappa shape index (κ1) is 16.1. The predicted octanol–water partition coefficient (Wildman–Crippen LogP) is 4.25. The third-order valence-electron chi connectivity index (χ3n) is 3.95. The van der Waals surface area contributed by atoms with Crippen LogP contribution in [0.3, 0.4) is 0 Å². The monoisotopic (exact) mass is 307 g/mol. The molecule has 114 valence electrons. The van der Waals surface area contributed by atoms with Crippen LogP contribution in [0.5, 0.6) is 0 Å². The fourth-order valence-electron chi connectivity index (χ4n) is 2.48. The highest BCUT2D eigenvalue weighted by Gasteiger charge is 2.23. The number of aliphatic hydroxyl groups excluding tert-OH is 1. The van der Waals surface area contributed by atoms with Crippen molar-refractivity contribution in [3.05, 3.63) is 58.0 Å². The van der Waals surface area contributed by atoms with Crippen molar-refractivity contribution in [2.24, 2.45) is 5.92 Å². The Morgan fingerprint density at radius 1 is 1.19 bits per heavy atom. The first-order valence-electron chi connectivity index (χ1n) is 7.16. The number of benzene rings is 1. The minimum atomic E-state index is -0.788. The lowest BCUT2D eigenvalue weighted by atomic mass is 9.96. The number of halogens is 1. The highest BCUT2D eigenvalue weighted by molar-refractivity contribution is 7.10. The summed E-state index contributed by atoms with van der Waals surface area (Å²) in [4.78, 5) is 3.49. The Labute approximate surface area is 129 Å². The van der Waals surface area contributed by atoms with E-state index in [-0.39, 0.29) is 11.7 Å². The lowest BCUT2D eigenvalue weighted by Crippen LogP contribution is -2.30. The van der Waals surface area contributed by atoms with Gasteiger partial charge in [-0.15, -0.1) is 11.3 Å². The van der Waals surface area contributed by atoms with Gasteiger partial charge in [0, 0.05) is 23.0 Å². The quantitative estimate of drug-likeness (QED) is 0.862. The van der Waals surface area contributed by atoms with Gasteiger partial charge in [-0.3, -0.25) is 4.90 Å². The first-order chi connectivity index (χ1) is 10.0. The van der Waals surface area contributed by atoms with Gasteiger partial charge in [-0.05, 0) is 37.4 Å². The Morgan fingerprint density at radius 2 is 1.90 bits per heavy atom. The van der Waals surface area contributed by atoms with E-state index in [1.807, 2.05) is 20.0 Å². The Bertz CT molecular complexity index is 558. The molecule has 0 spiro atoms. The maximum Gasteiger partial charge on any atom is 0.129 e. The molecule has 2 nitrogen and oxygen atoms in total. The van der Waals surface area contributed by atoms with Crippen molar-refractivity contribution in [2.45, 2.75) is 26.0 Å². The molecule has 0 aliphatic carbocycles. The van der Waals surface area contributed by atoms with E-state index in [0.717, 1.165) is 0 Å². The van der Waals surface area contributed by atoms with Gasteiger partial charge < -0.3 is 5.11 Å². The first-order valence-corrected chi connectivity index (χ1v) is 8.04. The van der Waals surface area contributed by atoms with Gasteiger partial charge in [-0.1, -0.05) is 31.2 Å². The molecule has 0 aliphatic heterocycles. The molecule has 0 saturated heterocycles. The van der Waals surface area contributed by atoms with Gasteiger partial charge in [0.1, 0.15) is 5.82 Å². The summed E-state index contributed by atoms with van der Waals surface area (Å²) in [7, 11) is 2.04. The lowest BCUT2D eigenvalue weighted by molar-refractivity contribution is 0.0831. The number of aliphatic hydroxyl groups is 1. The largest absolute Gasteiger partial charge is 0.388 e. The van der Waals surface area contributed by atoms with Gasteiger partial charge in [0.15, 0.2) is 0 Å². The standard InChI is InChI=1S/C17H22FNOS/c1-12(17(20)14-7-4-5-8-15(14)18)11-19(3)13(2)16-9-6-10-21-16/h4-10,12-13,17,20H,11H2,1-3H3. The van der Waals surface area contributed by atoms with Crippen LogP contribution in [0.15, 0.2) is 41.8 Å². The average molecular weight is 307 g/mol. The average Bonchev–Trinajstić information content (AvgIpc) is 3.00. The summed E-state index contributed by atoms with van der Waals surface area (Å²) < 4.78 is 13.7. The van der Waals surface area contributed by atoms with Crippen LogP contribution in [0.2, 0.25) is 0 Å². The third-order valence-corrected chi connectivity index (χ3v) is 5.00. The Morgan fingerprint density at radius 3 is 2.52 bits per heavy atom. The van der Waals surface area contributed by atoms with Gasteiger partial charge in [-0.25, -0.2) is 4.39 Å². The summed E-state index contributed by atoms with van der Waals surface area (Å²) in [5.74, 6) is -0.389. The van der Waals surface area contributed by atoms with E-state index in [2.05, 4.69) is 23.3 Å². The van der Waals surface area contributed by atoms with Crippen LogP contribution < -0.4 is 0 Å². The molecule has 0 bridgehead atoms. The van der Waals surface area contributed by atoms with Gasteiger partial charge >= 0.3 is 0 Å². The van der Waals surface area contributed by atoms with E-state index in [4.69, 9.17) is 0 Å². The lowest BCUT2D eigenvalue weighted by Gasteiger charge is -2.29. The summed E-state index contributed by atoms with van der Waals surface area (Å²) in [6.07, 6.45) is -0.788. The minimum Gasteiger partial charge on any atom is -0.388 e. The zero-order chi connectivity index (χ0) is 15.4. The van der Waals surface area contributed by atoms with Gasteiger partial charge in [-0.2, -0.15) is 0 Å². The molecular formula is C17H22FNOS. The highest BCUT2D eigenvalue weighted by Crippen LogP contribution is 2.28. The van der Waals surface area contributed by atoms with E-state index in [1.165, 1.54) is 10.9 Å². The second-order valence-corrected chi connectivity index (χ2v) is 6.55. The summed E-state index contributed by atoms with van der Waals surface area (Å²) in [6.45, 7) is 4.80. The topological polar surface area (TPSA) is 23.5 Å². The molecule has 0 aliphatic rings. The van der Waals surface area contributed by atoms with Crippen molar-refractivity contribution < 1.29 is 9.50 Å². The van der Waals surface area contributed by atoms with Crippen LogP contribution in [0, 0.1) is 11.7 Å². The van der Waals surface area contributed by atoms with Crippen LogP contribution in [-0.2, 0) is 0 Å². The summed E-state index contributed by atoms with van der Waals surface area (Å²) in [6, 6.07) is 10.9. The van der Waals surface area contributed by atoms with Gasteiger partial charge in [0.25, 0.3) is 0 Å². The number of thiophene rings is 1. The molecule has 2 aromatic rings. The molecule has 21 heavy (non-hydrogen) atoms. The zero-order valence-electron chi connectivity index (χ0n) is 12.7. The highest BCUT2D eigenvalue weighted by atomic mass is 32.1. The second kappa shape index (κ2) is 7.16. The van der Waals surface area contributed by atoms with Gasteiger partial charge in [0.05, 0.1) is 6.10 Å². The second-order valence-electron chi connectivity index (χ2n) is 5.57. The molecule has 1 aromatic heterocycles. The van der Waals surface area contributed by atoms with Crippen molar-refractivity contribution in [3.63, 3.8) is 0 Å². The zero-order valence-corrected chi connectivity index (χ0v) is 13.5. The van der Waals surface area contributed by atoms with Crippen LogP contribution in [-0.4, -0.2) is 23.6 Å². The number of hydrogen-bond acceptors (Lipinski definition) is 3. The maximum atomic E-state index is 13.7. The van der Waals surface area contributed by atoms with E-state index in [0.29, 0.717) is 18.2 Å². The summed E-state index contributed by atoms with van der Waals surface area (Å²) in [5.41, 5.74) is 0.377. The van der Waals surface area contributed by atoms with Crippen LogP contribution >= 0.6 is 11.3 Å². The van der Waals surface area contributed by atoms with Crippen molar-refractivity contribution in [1.82, 2.24) is 4.90 Å². The third kappa shape index (κ3) is 3.90. The molecule has 0 radical (unpaired) electrons. The SMILES string of the molecule is CC(CN(C)C(C)c1cccs1)C(O)c1ccccc1F. The van der Waals surface area contributed by atoms with E-state index in [9.17, 15) is 9.50 Å². The molecule has 3 atom stereocenters. The van der Waals surface area contributed by atoms with Crippen LogP contribution in [0.4, 0.5) is 4.39 Å². The Kier molecular flexibility index (Phi) is 5.51. The van der Waals surface area contributed by atoms with E-state index < -0.39 is 6.10 Å². The Balaban J connectivity index is 2.00. The fourth-order valence-corrected chi connectivity index (χ4v) is 3.33. The summed E-state index contributed by atoms with van der Waals surface area (Å²) in [5, 5.41) is 12.4. The molecular weight excluding hydrogens is 285 g/mol. The molecule has 1 aromatic carbocycles. The van der Waals surface area contributed by atoms with Crippen molar-refractivity contribution >= 4 is 11.3 Å². The molecule has 4 heteroatoms. The smallest absolute Gasteiger partial charge is 0.129 e. The molecule has 1 N–H and O–H groups in total. The minimum absolute atomic E-state index is 0.0469. The van der Waals surface area contributed by atoms with Crippen LogP contribution in [0.25, 0.3) is 0 Å². The van der Waals surface area contributed by atoms with Gasteiger partial charge in [0.2, 0.25) is 0 Å². The van der Waals surface area contributed by atoms with Crippen LogP contribution in [0.1, 0.15) is 36.4 Å². The normalized spacial score (nSPS) is 15.9. The van der Waals surface area contributed by atoms with E-state index in [1.54, 1.807) is 29.5 Å². The molecule has 1 heterocycles. The van der Waals surface area contributed by atoms with Crippen molar-refractivity contribution in [3.8, 4) is 0 Å². The number of nitrogens with zero attached hydrogens (tertiary/aromatic N) is 1. The molecule has 0 amide bonds. The van der Waals surface area contributed by atoms with E-state index >= 15 is 0 Å². The number of hydrogen-bond donors (Lipinski definition) is 1. The van der Waals surface area contributed by atoms with Crippen molar-refractivity contribution in [1.29, 1.82) is 0 Å². The predicted molar refractivity (Wildman–Crippen MR) is 85.9 cm³/mol. The molecule has 2 rings (SSSR count). The molecule has 0 fully saturated rings. The molecule has 3 unspecified atom stereocenters. The molecule has 0 saturated carbocycles. The fraction of sp³-hybridized carbons (Fsp3) is 0.412. The maximum absolute atomic E-state index is 13.7. The van der Waals surface area contributed by atoms with Crippen molar-refractivity contribution in [2.75, 3.05) is 13.6 Å².